The van der Waals surface area contributed by atoms with Crippen molar-refractivity contribution in [1.82, 2.24) is 9.38 Å². The van der Waals surface area contributed by atoms with Crippen molar-refractivity contribution >= 4 is 16.6 Å². The van der Waals surface area contributed by atoms with Crippen LogP contribution >= 0.6 is 0 Å². The maximum Gasteiger partial charge on any atom is 0.137 e. The molecule has 3 nitrogen and oxygen atoms in total. The Balaban J connectivity index is 2.49. The maximum absolute atomic E-state index is 5.64. The molecular weight excluding hydrogens is 210 g/mol. The van der Waals surface area contributed by atoms with E-state index in [2.05, 4.69) is 47.5 Å². The van der Waals surface area contributed by atoms with Crippen molar-refractivity contribution in [1.29, 1.82) is 0 Å². The molecule has 1 aromatic carbocycles. The van der Waals surface area contributed by atoms with Crippen molar-refractivity contribution in [3.05, 3.63) is 47.3 Å². The zero-order valence-corrected chi connectivity index (χ0v) is 10.1. The molecule has 3 heteroatoms. The third-order valence-corrected chi connectivity index (χ3v) is 3.17. The molecule has 17 heavy (non-hydrogen) atoms. The summed E-state index contributed by atoms with van der Waals surface area (Å²) >= 11 is 0. The molecule has 0 aliphatic carbocycles. The number of hydrogen-bond acceptors (Lipinski definition) is 2. The minimum Gasteiger partial charge on any atom is -0.325 e. The van der Waals surface area contributed by atoms with Crippen LogP contribution in [0.4, 0.5) is 0 Å². The summed E-state index contributed by atoms with van der Waals surface area (Å²) in [7, 11) is 0. The number of benzene rings is 1. The molecule has 0 amide bonds. The molecule has 0 aliphatic heterocycles. The molecule has 0 bridgehead atoms. The van der Waals surface area contributed by atoms with Crippen molar-refractivity contribution in [3.63, 3.8) is 0 Å². The lowest BCUT2D eigenvalue weighted by Crippen LogP contribution is -1.95. The van der Waals surface area contributed by atoms with Crippen LogP contribution in [-0.4, -0.2) is 9.38 Å². The quantitative estimate of drug-likeness (QED) is 0.691. The standard InChI is InChI=1S/C14H15N3/c1-9-3-4-13-12(5-9)10(2)6-14-16-11(7-15)8-17(13)14/h3-6,8H,7,15H2,1-2H3. The van der Waals surface area contributed by atoms with Gasteiger partial charge < -0.3 is 5.73 Å². The zero-order valence-electron chi connectivity index (χ0n) is 10.1. The molecule has 0 saturated heterocycles. The summed E-state index contributed by atoms with van der Waals surface area (Å²) in [6, 6.07) is 8.60. The van der Waals surface area contributed by atoms with Gasteiger partial charge in [-0.1, -0.05) is 11.6 Å². The summed E-state index contributed by atoms with van der Waals surface area (Å²) < 4.78 is 2.12. The van der Waals surface area contributed by atoms with E-state index in [1.54, 1.807) is 0 Å². The first-order valence-corrected chi connectivity index (χ1v) is 5.77. The SMILES string of the molecule is Cc1ccc2c(c1)c(C)cc1nc(CN)cn12. The largest absolute Gasteiger partial charge is 0.325 e. The average Bonchev–Trinajstić information content (AvgIpc) is 2.72. The molecule has 2 heterocycles. The van der Waals surface area contributed by atoms with Crippen LogP contribution in [-0.2, 0) is 6.54 Å². The number of nitrogens with two attached hydrogens (primary N) is 1. The second-order valence-corrected chi connectivity index (χ2v) is 4.51. The normalized spacial score (nSPS) is 11.5. The van der Waals surface area contributed by atoms with E-state index in [9.17, 15) is 0 Å². The topological polar surface area (TPSA) is 43.3 Å². The van der Waals surface area contributed by atoms with Crippen molar-refractivity contribution < 1.29 is 0 Å². The first-order chi connectivity index (χ1) is 8.19. The van der Waals surface area contributed by atoms with Gasteiger partial charge in [-0.3, -0.25) is 4.40 Å². The van der Waals surface area contributed by atoms with Gasteiger partial charge >= 0.3 is 0 Å². The van der Waals surface area contributed by atoms with Gasteiger partial charge in [-0.2, -0.15) is 0 Å². The van der Waals surface area contributed by atoms with Gasteiger partial charge in [-0.15, -0.1) is 0 Å². The Labute approximate surface area is 99.9 Å². The highest BCUT2D eigenvalue weighted by atomic mass is 15.0. The van der Waals surface area contributed by atoms with Crippen LogP contribution < -0.4 is 5.73 Å². The van der Waals surface area contributed by atoms with Crippen LogP contribution in [0.15, 0.2) is 30.5 Å². The van der Waals surface area contributed by atoms with Crippen LogP contribution in [0.3, 0.4) is 0 Å². The Morgan fingerprint density at radius 1 is 1.24 bits per heavy atom. The number of hydrogen-bond donors (Lipinski definition) is 1. The second-order valence-electron chi connectivity index (χ2n) is 4.51. The molecule has 2 N–H and O–H groups in total. The second kappa shape index (κ2) is 3.57. The van der Waals surface area contributed by atoms with Crippen molar-refractivity contribution in [2.24, 2.45) is 5.73 Å². The molecule has 0 aliphatic rings. The van der Waals surface area contributed by atoms with Gasteiger partial charge in [-0.05, 0) is 37.6 Å². The number of pyridine rings is 1. The number of nitrogens with zero attached hydrogens (tertiary/aromatic N) is 2. The van der Waals surface area contributed by atoms with Gasteiger partial charge in [0.05, 0.1) is 11.2 Å². The van der Waals surface area contributed by atoms with E-state index < -0.39 is 0 Å². The molecule has 0 atom stereocenters. The van der Waals surface area contributed by atoms with Crippen LogP contribution in [0.2, 0.25) is 0 Å². The molecular formula is C14H15N3. The monoisotopic (exact) mass is 225 g/mol. The van der Waals surface area contributed by atoms with Gasteiger partial charge in [0, 0.05) is 18.1 Å². The minimum absolute atomic E-state index is 0.480. The van der Waals surface area contributed by atoms with E-state index in [0.29, 0.717) is 6.54 Å². The highest BCUT2D eigenvalue weighted by Gasteiger charge is 2.06. The molecule has 86 valence electrons. The van der Waals surface area contributed by atoms with Gasteiger partial charge in [0.1, 0.15) is 5.65 Å². The van der Waals surface area contributed by atoms with E-state index in [1.165, 1.54) is 22.0 Å². The minimum atomic E-state index is 0.480. The fourth-order valence-electron chi connectivity index (χ4n) is 2.29. The number of aryl methyl sites for hydroxylation is 2. The number of rotatable bonds is 1. The third-order valence-electron chi connectivity index (χ3n) is 3.17. The first-order valence-electron chi connectivity index (χ1n) is 5.77. The van der Waals surface area contributed by atoms with Gasteiger partial charge in [-0.25, -0.2) is 4.98 Å². The van der Waals surface area contributed by atoms with E-state index in [-0.39, 0.29) is 0 Å². The Hall–Kier alpha value is -1.87. The van der Waals surface area contributed by atoms with Crippen LogP contribution in [0.1, 0.15) is 16.8 Å². The predicted molar refractivity (Wildman–Crippen MR) is 70.1 cm³/mol. The Kier molecular flexibility index (Phi) is 2.16. The van der Waals surface area contributed by atoms with E-state index in [0.717, 1.165) is 11.3 Å². The average molecular weight is 225 g/mol. The predicted octanol–water partition coefficient (Wildman–Crippen LogP) is 2.56. The Morgan fingerprint density at radius 2 is 2.06 bits per heavy atom. The van der Waals surface area contributed by atoms with Crippen LogP contribution in [0, 0.1) is 13.8 Å². The molecule has 3 aromatic rings. The highest BCUT2D eigenvalue weighted by molar-refractivity contribution is 5.86. The molecule has 0 fully saturated rings. The molecule has 0 spiro atoms. The number of aromatic nitrogens is 2. The molecule has 0 radical (unpaired) electrons. The lowest BCUT2D eigenvalue weighted by Gasteiger charge is -2.06. The van der Waals surface area contributed by atoms with Crippen LogP contribution in [0.5, 0.6) is 0 Å². The highest BCUT2D eigenvalue weighted by Crippen LogP contribution is 2.22. The van der Waals surface area contributed by atoms with E-state index >= 15 is 0 Å². The Bertz CT molecular complexity index is 710. The summed E-state index contributed by atoms with van der Waals surface area (Å²) in [5.74, 6) is 0. The van der Waals surface area contributed by atoms with Gasteiger partial charge in [0.15, 0.2) is 0 Å². The molecule has 2 aromatic heterocycles. The van der Waals surface area contributed by atoms with E-state index in [1.807, 2.05) is 6.20 Å². The summed E-state index contributed by atoms with van der Waals surface area (Å²) in [6.07, 6.45) is 2.02. The van der Waals surface area contributed by atoms with E-state index in [4.69, 9.17) is 5.73 Å². The van der Waals surface area contributed by atoms with Gasteiger partial charge in [0.25, 0.3) is 0 Å². The van der Waals surface area contributed by atoms with Gasteiger partial charge in [0.2, 0.25) is 0 Å². The molecule has 0 unspecified atom stereocenters. The fourth-order valence-corrected chi connectivity index (χ4v) is 2.29. The molecule has 0 saturated carbocycles. The zero-order chi connectivity index (χ0) is 12.0. The lowest BCUT2D eigenvalue weighted by atomic mass is 10.1. The summed E-state index contributed by atoms with van der Waals surface area (Å²) in [6.45, 7) is 4.72. The summed E-state index contributed by atoms with van der Waals surface area (Å²) in [5.41, 5.74) is 11.3. The summed E-state index contributed by atoms with van der Waals surface area (Å²) in [4.78, 5) is 4.50. The Morgan fingerprint density at radius 3 is 2.82 bits per heavy atom. The van der Waals surface area contributed by atoms with Crippen molar-refractivity contribution in [2.45, 2.75) is 20.4 Å². The summed E-state index contributed by atoms with van der Waals surface area (Å²) in [5, 5.41) is 1.28. The van der Waals surface area contributed by atoms with Crippen LogP contribution in [0.25, 0.3) is 16.6 Å². The number of fused-ring (bicyclic) bond motifs is 3. The maximum atomic E-state index is 5.64. The number of imidazole rings is 1. The first kappa shape index (κ1) is 10.3. The smallest absolute Gasteiger partial charge is 0.137 e. The fraction of sp³-hybridized carbons (Fsp3) is 0.214. The van der Waals surface area contributed by atoms with Crippen molar-refractivity contribution in [2.75, 3.05) is 0 Å². The molecule has 3 rings (SSSR count). The lowest BCUT2D eigenvalue weighted by molar-refractivity contribution is 1.02. The third kappa shape index (κ3) is 1.51. The van der Waals surface area contributed by atoms with Crippen molar-refractivity contribution in [3.8, 4) is 0 Å².